The van der Waals surface area contributed by atoms with E-state index in [1.807, 2.05) is 64.1 Å². The van der Waals surface area contributed by atoms with Crippen LogP contribution in [0.15, 0.2) is 36.4 Å². The number of benzene rings is 2. The number of amides is 3. The second kappa shape index (κ2) is 10.5. The van der Waals surface area contributed by atoms with Gasteiger partial charge < -0.3 is 16.0 Å². The van der Waals surface area contributed by atoms with E-state index in [0.717, 1.165) is 27.9 Å². The van der Waals surface area contributed by atoms with Crippen LogP contribution in [0.2, 0.25) is 0 Å². The van der Waals surface area contributed by atoms with Gasteiger partial charge >= 0.3 is 0 Å². The largest absolute Gasteiger partial charge is 0.346 e. The smallest absolute Gasteiger partial charge is 0.243 e. The van der Waals surface area contributed by atoms with Crippen molar-refractivity contribution in [3.05, 3.63) is 58.7 Å². The molecule has 30 heavy (non-hydrogen) atoms. The summed E-state index contributed by atoms with van der Waals surface area (Å²) < 4.78 is 0. The van der Waals surface area contributed by atoms with Crippen LogP contribution < -0.4 is 16.0 Å². The first-order chi connectivity index (χ1) is 14.1. The van der Waals surface area contributed by atoms with Gasteiger partial charge in [0, 0.05) is 11.4 Å². The Balaban J connectivity index is 1.75. The molecule has 0 saturated heterocycles. The lowest BCUT2D eigenvalue weighted by atomic mass is 10.1. The van der Waals surface area contributed by atoms with E-state index in [0.29, 0.717) is 5.69 Å². The minimum atomic E-state index is -0.326. The van der Waals surface area contributed by atoms with Crippen molar-refractivity contribution < 1.29 is 14.4 Å². The first-order valence-corrected chi connectivity index (χ1v) is 9.83. The van der Waals surface area contributed by atoms with E-state index >= 15 is 0 Å². The lowest BCUT2D eigenvalue weighted by Crippen LogP contribution is -2.41. The highest BCUT2D eigenvalue weighted by molar-refractivity contribution is 5.96. The summed E-state index contributed by atoms with van der Waals surface area (Å²) in [6, 6.07) is 11.5. The Kier molecular flexibility index (Phi) is 8.12. The van der Waals surface area contributed by atoms with Crippen LogP contribution >= 0.6 is 0 Å². The highest BCUT2D eigenvalue weighted by Gasteiger charge is 2.13. The summed E-state index contributed by atoms with van der Waals surface area (Å²) in [5.74, 6) is -0.830. The van der Waals surface area contributed by atoms with E-state index in [1.54, 1.807) is 11.9 Å². The highest BCUT2D eigenvalue weighted by Crippen LogP contribution is 2.21. The average Bonchev–Trinajstić information content (AvgIpc) is 2.64. The third kappa shape index (κ3) is 7.33. The van der Waals surface area contributed by atoms with Crippen LogP contribution in [0, 0.1) is 27.7 Å². The normalized spacial score (nSPS) is 10.6. The Bertz CT molecular complexity index is 900. The first-order valence-electron chi connectivity index (χ1n) is 9.83. The second-order valence-electron chi connectivity index (χ2n) is 7.69. The number of aryl methyl sites for hydroxylation is 4. The van der Waals surface area contributed by atoms with Gasteiger partial charge in [0.15, 0.2) is 0 Å². The molecule has 0 aliphatic heterocycles. The molecule has 0 aliphatic rings. The molecule has 0 unspecified atom stereocenters. The molecule has 3 amide bonds. The fourth-order valence-electron chi connectivity index (χ4n) is 3.18. The maximum absolute atomic E-state index is 12.2. The highest BCUT2D eigenvalue weighted by atomic mass is 16.2. The van der Waals surface area contributed by atoms with Gasteiger partial charge in [-0.1, -0.05) is 35.4 Å². The summed E-state index contributed by atoms with van der Waals surface area (Å²) in [7, 11) is 1.67. The number of carbonyl (C=O) groups excluding carboxylic acids is 3. The lowest BCUT2D eigenvalue weighted by Gasteiger charge is -2.16. The second-order valence-corrected chi connectivity index (χ2v) is 7.69. The molecule has 3 N–H and O–H groups in total. The Hall–Kier alpha value is -3.19. The van der Waals surface area contributed by atoms with Crippen LogP contribution in [-0.2, 0) is 14.4 Å². The van der Waals surface area contributed by atoms with Gasteiger partial charge in [-0.05, 0) is 58.0 Å². The fraction of sp³-hybridized carbons (Fsp3) is 0.348. The van der Waals surface area contributed by atoms with Crippen LogP contribution in [0.1, 0.15) is 22.3 Å². The average molecular weight is 411 g/mol. The van der Waals surface area contributed by atoms with Crippen LogP contribution in [0.3, 0.4) is 0 Å². The summed E-state index contributed by atoms with van der Waals surface area (Å²) >= 11 is 0. The van der Waals surface area contributed by atoms with E-state index in [-0.39, 0.29) is 37.4 Å². The number of rotatable bonds is 8. The minimum absolute atomic E-state index is 0.0111. The molecule has 0 atom stereocenters. The third-order valence-electron chi connectivity index (χ3n) is 4.55. The van der Waals surface area contributed by atoms with Gasteiger partial charge in [-0.3, -0.25) is 19.3 Å². The van der Waals surface area contributed by atoms with Crippen LogP contribution in [0.25, 0.3) is 0 Å². The molecule has 0 aliphatic carbocycles. The van der Waals surface area contributed by atoms with Gasteiger partial charge in [-0.15, -0.1) is 0 Å². The molecule has 7 nitrogen and oxygen atoms in total. The number of hydrogen-bond acceptors (Lipinski definition) is 4. The van der Waals surface area contributed by atoms with Crippen molar-refractivity contribution in [2.45, 2.75) is 27.7 Å². The molecule has 2 rings (SSSR count). The lowest BCUT2D eigenvalue weighted by molar-refractivity contribution is -0.125. The standard InChI is InChI=1S/C23H30N4O3/c1-15-6-8-19(9-7-15)25-22(30)14-27(5)13-21(29)24-12-20(28)26-23-17(3)10-16(2)11-18(23)4/h6-11H,12-14H2,1-5H3,(H,24,29)(H,25,30)(H,26,28). The molecule has 0 bridgehead atoms. The van der Waals surface area contributed by atoms with Crippen molar-refractivity contribution in [2.75, 3.05) is 37.3 Å². The molecule has 7 heteroatoms. The van der Waals surface area contributed by atoms with E-state index < -0.39 is 0 Å². The van der Waals surface area contributed by atoms with Crippen LogP contribution in [-0.4, -0.2) is 49.3 Å². The van der Waals surface area contributed by atoms with Crippen molar-refractivity contribution in [2.24, 2.45) is 0 Å². The summed E-state index contributed by atoms with van der Waals surface area (Å²) in [6.07, 6.45) is 0. The zero-order chi connectivity index (χ0) is 22.3. The Morgan fingerprint density at radius 1 is 0.767 bits per heavy atom. The van der Waals surface area contributed by atoms with Gasteiger partial charge in [-0.25, -0.2) is 0 Å². The van der Waals surface area contributed by atoms with Crippen molar-refractivity contribution in [3.63, 3.8) is 0 Å². The number of carbonyl (C=O) groups is 3. The predicted molar refractivity (Wildman–Crippen MR) is 120 cm³/mol. The monoisotopic (exact) mass is 410 g/mol. The molecule has 0 spiro atoms. The topological polar surface area (TPSA) is 90.5 Å². The summed E-state index contributed by atoms with van der Waals surface area (Å²) in [4.78, 5) is 38.0. The van der Waals surface area contributed by atoms with E-state index in [9.17, 15) is 14.4 Å². The van der Waals surface area contributed by atoms with Gasteiger partial charge in [0.05, 0.1) is 19.6 Å². The number of nitrogens with zero attached hydrogens (tertiary/aromatic N) is 1. The molecule has 0 saturated carbocycles. The zero-order valence-corrected chi connectivity index (χ0v) is 18.3. The first kappa shape index (κ1) is 23.1. The van der Waals surface area contributed by atoms with Gasteiger partial charge in [0.1, 0.15) is 0 Å². The summed E-state index contributed by atoms with van der Waals surface area (Å²) in [5.41, 5.74) is 5.67. The molecular weight excluding hydrogens is 380 g/mol. The minimum Gasteiger partial charge on any atom is -0.346 e. The number of nitrogens with one attached hydrogen (secondary N) is 3. The van der Waals surface area contributed by atoms with E-state index in [1.165, 1.54) is 0 Å². The maximum atomic E-state index is 12.2. The van der Waals surface area contributed by atoms with Crippen molar-refractivity contribution in [1.82, 2.24) is 10.2 Å². The van der Waals surface area contributed by atoms with E-state index in [4.69, 9.17) is 0 Å². The number of anilines is 2. The zero-order valence-electron chi connectivity index (χ0n) is 18.3. The Morgan fingerprint density at radius 2 is 1.33 bits per heavy atom. The third-order valence-corrected chi connectivity index (χ3v) is 4.55. The summed E-state index contributed by atoms with van der Waals surface area (Å²) in [5, 5.41) is 8.22. The maximum Gasteiger partial charge on any atom is 0.243 e. The van der Waals surface area contributed by atoms with Crippen molar-refractivity contribution in [1.29, 1.82) is 0 Å². The molecule has 2 aromatic carbocycles. The molecule has 0 heterocycles. The number of likely N-dealkylation sites (N-methyl/N-ethyl adjacent to an activating group) is 1. The quantitative estimate of drug-likeness (QED) is 0.624. The van der Waals surface area contributed by atoms with Gasteiger partial charge in [0.2, 0.25) is 17.7 Å². The molecule has 160 valence electrons. The Morgan fingerprint density at radius 3 is 1.93 bits per heavy atom. The van der Waals surface area contributed by atoms with Gasteiger partial charge in [-0.2, -0.15) is 0 Å². The van der Waals surface area contributed by atoms with Crippen molar-refractivity contribution in [3.8, 4) is 0 Å². The molecule has 2 aromatic rings. The van der Waals surface area contributed by atoms with Crippen LogP contribution in [0.5, 0.6) is 0 Å². The van der Waals surface area contributed by atoms with Crippen LogP contribution in [0.4, 0.5) is 11.4 Å². The fourth-order valence-corrected chi connectivity index (χ4v) is 3.18. The molecule has 0 aromatic heterocycles. The predicted octanol–water partition coefficient (Wildman–Crippen LogP) is 2.55. The van der Waals surface area contributed by atoms with Gasteiger partial charge in [0.25, 0.3) is 0 Å². The molecular formula is C23H30N4O3. The molecule has 0 radical (unpaired) electrons. The van der Waals surface area contributed by atoms with E-state index in [2.05, 4.69) is 16.0 Å². The molecule has 0 fully saturated rings. The number of hydrogen-bond donors (Lipinski definition) is 3. The summed E-state index contributed by atoms with van der Waals surface area (Å²) in [6.45, 7) is 7.79. The SMILES string of the molecule is Cc1ccc(NC(=O)CN(C)CC(=O)NCC(=O)Nc2c(C)cc(C)cc2C)cc1. The van der Waals surface area contributed by atoms with Crippen molar-refractivity contribution >= 4 is 29.1 Å². The Labute approximate surface area is 177 Å².